The summed E-state index contributed by atoms with van der Waals surface area (Å²) in [6.45, 7) is 1.52. The molecule has 6 aliphatic rings. The highest BCUT2D eigenvalue weighted by atomic mass is 35.5. The van der Waals surface area contributed by atoms with E-state index in [0.717, 1.165) is 132 Å². The number of rotatable bonds is 1. The number of carbonyl (C=O) groups is 2. The van der Waals surface area contributed by atoms with Crippen molar-refractivity contribution >= 4 is 23.4 Å². The lowest BCUT2D eigenvalue weighted by atomic mass is 9.86. The number of amides is 2. The Morgan fingerprint density at radius 1 is 0.660 bits per heavy atom. The summed E-state index contributed by atoms with van der Waals surface area (Å²) in [5, 5.41) is 6.67. The van der Waals surface area contributed by atoms with Crippen molar-refractivity contribution in [2.45, 2.75) is 62.2 Å². The molecule has 0 radical (unpaired) electrons. The van der Waals surface area contributed by atoms with Crippen LogP contribution in [-0.2, 0) is 36.5 Å². The number of pyridine rings is 2. The largest absolute Gasteiger partial charge is 0.357 e. The van der Waals surface area contributed by atoms with Crippen molar-refractivity contribution in [2.24, 2.45) is 0 Å². The Balaban J connectivity index is 0.000000124. The van der Waals surface area contributed by atoms with Crippen molar-refractivity contribution in [3.05, 3.63) is 93.2 Å². The maximum Gasteiger partial charge on any atom is 0.253 e. The van der Waals surface area contributed by atoms with Crippen molar-refractivity contribution in [3.8, 4) is 33.8 Å². The summed E-state index contributed by atoms with van der Waals surface area (Å²) in [6.07, 6.45) is 17.1. The molecule has 11 rings (SSSR count). The molecule has 47 heavy (non-hydrogen) atoms. The van der Waals surface area contributed by atoms with Crippen molar-refractivity contribution < 1.29 is 9.59 Å². The van der Waals surface area contributed by atoms with Gasteiger partial charge in [-0.2, -0.15) is 0 Å². The van der Waals surface area contributed by atoms with Crippen molar-refractivity contribution in [2.75, 3.05) is 13.1 Å². The van der Waals surface area contributed by atoms with Gasteiger partial charge in [-0.15, -0.1) is 0 Å². The van der Waals surface area contributed by atoms with E-state index < -0.39 is 0 Å². The lowest BCUT2D eigenvalue weighted by Crippen LogP contribution is -2.39. The SMILES string of the molecule is O=C1NCC2(CC2)c2[nH]c3c(c21)CCc1cnc(-c2cncnc2)cc1-3.O=C1NCC2(CC2)c2[nH]c3c(c21)CCc1cnc(Cl)cc1-3. The first kappa shape index (κ1) is 27.3. The third-order valence-corrected chi connectivity index (χ3v) is 11.4. The maximum atomic E-state index is 12.6. The standard InChI is InChI=1S/C20H17N5O.C16H14ClN3O/c26-19-16-13-2-1-11-8-23-15(12-6-21-10-22-7-12)5-14(11)17(13)25-18(16)20(3-4-20)9-24-19;17-11-5-10-8(6-18-11)1-2-9-12-14(20-13(9)10)16(3-4-16)7-19-15(12)21/h5-8,10,25H,1-4,9H2,(H,24,26);5-6,20H,1-4,7H2,(H,19,21). The van der Waals surface area contributed by atoms with Crippen LogP contribution in [0.15, 0.2) is 43.2 Å². The van der Waals surface area contributed by atoms with Crippen LogP contribution in [0.25, 0.3) is 33.8 Å². The lowest BCUT2D eigenvalue weighted by Gasteiger charge is -2.23. The van der Waals surface area contributed by atoms with Gasteiger partial charge in [0.25, 0.3) is 11.8 Å². The lowest BCUT2D eigenvalue weighted by molar-refractivity contribution is 0.0928. The molecule has 5 aromatic heterocycles. The first-order chi connectivity index (χ1) is 22.9. The van der Waals surface area contributed by atoms with E-state index in [2.05, 4.69) is 46.6 Å². The molecule has 5 aromatic rings. The number of aryl methyl sites for hydroxylation is 2. The fraction of sp³-hybridized carbons (Fsp3) is 0.333. The average molecular weight is 643 g/mol. The summed E-state index contributed by atoms with van der Waals surface area (Å²) >= 11 is 6.06. The number of nitrogens with one attached hydrogen (secondary N) is 4. The van der Waals surface area contributed by atoms with Crippen LogP contribution in [0, 0.1) is 0 Å². The van der Waals surface area contributed by atoms with Crippen LogP contribution >= 0.6 is 11.6 Å². The minimum atomic E-state index is 0.0728. The molecule has 2 amide bonds. The zero-order valence-electron chi connectivity index (χ0n) is 25.6. The van der Waals surface area contributed by atoms with E-state index in [0.29, 0.717) is 5.15 Å². The molecule has 0 saturated heterocycles. The Morgan fingerprint density at radius 2 is 1.19 bits per heavy atom. The van der Waals surface area contributed by atoms with Crippen LogP contribution in [0.5, 0.6) is 0 Å². The van der Waals surface area contributed by atoms with Gasteiger partial charge in [0.2, 0.25) is 0 Å². The molecular weight excluding hydrogens is 612 g/mol. The smallest absolute Gasteiger partial charge is 0.253 e. The normalized spacial score (nSPS) is 19.5. The van der Waals surface area contributed by atoms with Crippen LogP contribution in [0.3, 0.4) is 0 Å². The van der Waals surface area contributed by atoms with Gasteiger partial charge >= 0.3 is 0 Å². The Kier molecular flexibility index (Phi) is 5.58. The van der Waals surface area contributed by atoms with Gasteiger partial charge in [0.05, 0.1) is 28.2 Å². The second kappa shape index (κ2) is 9.60. The van der Waals surface area contributed by atoms with Gasteiger partial charge in [0.1, 0.15) is 11.5 Å². The summed E-state index contributed by atoms with van der Waals surface area (Å²) in [7, 11) is 0. The number of aromatic amines is 2. The number of nitrogens with zero attached hydrogens (tertiary/aromatic N) is 4. The van der Waals surface area contributed by atoms with E-state index in [-0.39, 0.29) is 22.6 Å². The Hall–Kier alpha value is -4.83. The van der Waals surface area contributed by atoms with Gasteiger partial charge in [-0.3, -0.25) is 14.6 Å². The summed E-state index contributed by atoms with van der Waals surface area (Å²) in [5.74, 6) is 0.146. The molecule has 2 aliphatic heterocycles. The molecule has 4 N–H and O–H groups in total. The topological polar surface area (TPSA) is 141 Å². The summed E-state index contributed by atoms with van der Waals surface area (Å²) in [4.78, 5) is 49.1. The number of hydrogen-bond acceptors (Lipinski definition) is 6. The van der Waals surface area contributed by atoms with E-state index in [1.807, 2.05) is 18.5 Å². The van der Waals surface area contributed by atoms with E-state index in [1.54, 1.807) is 12.4 Å². The quantitative estimate of drug-likeness (QED) is 0.190. The molecule has 4 aliphatic carbocycles. The molecule has 2 saturated carbocycles. The number of carbonyl (C=O) groups excluding carboxylic acids is 2. The van der Waals surface area contributed by atoms with E-state index in [9.17, 15) is 9.59 Å². The summed E-state index contributed by atoms with van der Waals surface area (Å²) in [5.41, 5.74) is 15.3. The third kappa shape index (κ3) is 4.03. The molecule has 0 atom stereocenters. The highest BCUT2D eigenvalue weighted by molar-refractivity contribution is 6.29. The number of halogens is 1. The van der Waals surface area contributed by atoms with Gasteiger partial charge in [0.15, 0.2) is 0 Å². The molecular formula is C36H31ClN8O2. The summed E-state index contributed by atoms with van der Waals surface area (Å²) < 4.78 is 0. The number of H-pyrrole nitrogens is 2. The van der Waals surface area contributed by atoms with Gasteiger partial charge in [-0.05, 0) is 85.8 Å². The molecule has 2 spiro atoms. The molecule has 0 bridgehead atoms. The monoisotopic (exact) mass is 642 g/mol. The Labute approximate surface area is 275 Å². The third-order valence-electron chi connectivity index (χ3n) is 11.2. The van der Waals surface area contributed by atoms with E-state index >= 15 is 0 Å². The van der Waals surface area contributed by atoms with Crippen LogP contribution in [-0.4, -0.2) is 54.8 Å². The van der Waals surface area contributed by atoms with Crippen LogP contribution < -0.4 is 10.6 Å². The van der Waals surface area contributed by atoms with Crippen molar-refractivity contribution in [3.63, 3.8) is 0 Å². The number of aromatic nitrogens is 6. The first-order valence-electron chi connectivity index (χ1n) is 16.4. The molecule has 0 aromatic carbocycles. The second-order valence-electron chi connectivity index (χ2n) is 13.9. The Bertz CT molecular complexity index is 2180. The number of fused-ring (bicyclic) bond motifs is 12. The number of hydrogen-bond donors (Lipinski definition) is 4. The fourth-order valence-electron chi connectivity index (χ4n) is 8.26. The molecule has 11 heteroatoms. The Morgan fingerprint density at radius 3 is 1.74 bits per heavy atom. The molecule has 10 nitrogen and oxygen atoms in total. The van der Waals surface area contributed by atoms with Gasteiger partial charge in [0, 0.05) is 76.8 Å². The predicted molar refractivity (Wildman–Crippen MR) is 175 cm³/mol. The zero-order valence-corrected chi connectivity index (χ0v) is 26.4. The molecule has 0 unspecified atom stereocenters. The van der Waals surface area contributed by atoms with E-state index in [4.69, 9.17) is 11.6 Å². The van der Waals surface area contributed by atoms with Crippen LogP contribution in [0.4, 0.5) is 0 Å². The average Bonchev–Trinajstić information content (AvgIpc) is 3.98. The van der Waals surface area contributed by atoms with Crippen LogP contribution in [0.2, 0.25) is 5.15 Å². The van der Waals surface area contributed by atoms with Crippen molar-refractivity contribution in [1.82, 2.24) is 40.5 Å². The van der Waals surface area contributed by atoms with E-state index in [1.165, 1.54) is 17.5 Å². The summed E-state index contributed by atoms with van der Waals surface area (Å²) in [6, 6.07) is 4.01. The molecule has 2 fully saturated rings. The second-order valence-corrected chi connectivity index (χ2v) is 14.3. The fourth-order valence-corrected chi connectivity index (χ4v) is 8.41. The van der Waals surface area contributed by atoms with Gasteiger partial charge in [-0.25, -0.2) is 15.0 Å². The highest BCUT2D eigenvalue weighted by Gasteiger charge is 2.53. The minimum absolute atomic E-state index is 0.0728. The predicted octanol–water partition coefficient (Wildman–Crippen LogP) is 5.01. The van der Waals surface area contributed by atoms with Gasteiger partial charge in [-0.1, -0.05) is 11.6 Å². The van der Waals surface area contributed by atoms with Crippen molar-refractivity contribution in [1.29, 1.82) is 0 Å². The minimum Gasteiger partial charge on any atom is -0.357 e. The molecule has 7 heterocycles. The van der Waals surface area contributed by atoms with Gasteiger partial charge < -0.3 is 20.6 Å². The molecule has 234 valence electrons. The first-order valence-corrected chi connectivity index (χ1v) is 16.8. The highest BCUT2D eigenvalue weighted by Crippen LogP contribution is 2.54. The van der Waals surface area contributed by atoms with Crippen LogP contribution in [0.1, 0.15) is 80.0 Å². The zero-order chi connectivity index (χ0) is 31.5. The maximum absolute atomic E-state index is 12.6.